The lowest BCUT2D eigenvalue weighted by molar-refractivity contribution is -0.114. The first-order valence-electron chi connectivity index (χ1n) is 7.92. The highest BCUT2D eigenvalue weighted by Gasteiger charge is 2.13. The van der Waals surface area contributed by atoms with Gasteiger partial charge >= 0.3 is 5.97 Å². The number of hydrogen-bond acceptors (Lipinski definition) is 4. The minimum absolute atomic E-state index is 0.232. The summed E-state index contributed by atoms with van der Waals surface area (Å²) in [5, 5.41) is 2.64. The number of para-hydroxylation sites is 2. The van der Waals surface area contributed by atoms with Crippen molar-refractivity contribution in [3.8, 4) is 11.5 Å². The van der Waals surface area contributed by atoms with E-state index in [-0.39, 0.29) is 5.91 Å². The van der Waals surface area contributed by atoms with Crippen molar-refractivity contribution in [2.45, 2.75) is 26.7 Å². The van der Waals surface area contributed by atoms with E-state index in [0.29, 0.717) is 29.4 Å². The first-order valence-corrected chi connectivity index (χ1v) is 7.92. The van der Waals surface area contributed by atoms with Crippen molar-refractivity contribution in [2.24, 2.45) is 0 Å². The number of benzene rings is 2. The third-order valence-corrected chi connectivity index (χ3v) is 3.24. The molecular weight excluding hydrogens is 306 g/mol. The van der Waals surface area contributed by atoms with Gasteiger partial charge in [0.25, 0.3) is 0 Å². The molecule has 126 valence electrons. The van der Waals surface area contributed by atoms with Crippen LogP contribution in [-0.4, -0.2) is 18.5 Å². The summed E-state index contributed by atoms with van der Waals surface area (Å²) < 4.78 is 11.0. The van der Waals surface area contributed by atoms with E-state index in [9.17, 15) is 9.59 Å². The minimum atomic E-state index is -0.506. The quantitative estimate of drug-likeness (QED) is 0.473. The summed E-state index contributed by atoms with van der Waals surface area (Å²) in [5.74, 6) is 0.196. The lowest BCUT2D eigenvalue weighted by Crippen LogP contribution is -2.12. The Hall–Kier alpha value is -2.82. The lowest BCUT2D eigenvalue weighted by atomic mass is 10.2. The molecule has 5 heteroatoms. The molecule has 0 saturated carbocycles. The van der Waals surface area contributed by atoms with Crippen LogP contribution in [0.1, 0.15) is 37.0 Å². The summed E-state index contributed by atoms with van der Waals surface area (Å²) in [4.78, 5) is 23.6. The highest BCUT2D eigenvalue weighted by molar-refractivity contribution is 5.94. The Morgan fingerprint density at radius 2 is 1.88 bits per heavy atom. The monoisotopic (exact) mass is 327 g/mol. The maximum Gasteiger partial charge on any atom is 0.343 e. The van der Waals surface area contributed by atoms with E-state index in [4.69, 9.17) is 9.47 Å². The molecule has 0 aliphatic heterocycles. The van der Waals surface area contributed by atoms with Gasteiger partial charge in [0, 0.05) is 6.92 Å². The molecule has 0 heterocycles. The highest BCUT2D eigenvalue weighted by Crippen LogP contribution is 2.25. The summed E-state index contributed by atoms with van der Waals surface area (Å²) >= 11 is 0. The normalized spacial score (nSPS) is 10.1. The van der Waals surface area contributed by atoms with E-state index in [2.05, 4.69) is 12.2 Å². The summed E-state index contributed by atoms with van der Waals surface area (Å²) in [6, 6.07) is 13.7. The number of hydrogen-bond donors (Lipinski definition) is 1. The van der Waals surface area contributed by atoms with Crippen molar-refractivity contribution >= 4 is 17.6 Å². The second-order valence-electron chi connectivity index (χ2n) is 5.30. The van der Waals surface area contributed by atoms with Gasteiger partial charge in [-0.1, -0.05) is 31.5 Å². The van der Waals surface area contributed by atoms with Crippen LogP contribution in [0.2, 0.25) is 0 Å². The third-order valence-electron chi connectivity index (χ3n) is 3.24. The number of carbonyl (C=O) groups excluding carboxylic acids is 2. The van der Waals surface area contributed by atoms with E-state index in [1.165, 1.54) is 6.92 Å². The first-order chi connectivity index (χ1) is 11.6. The van der Waals surface area contributed by atoms with Crippen molar-refractivity contribution in [3.05, 3.63) is 54.1 Å². The number of nitrogens with one attached hydrogen (secondary N) is 1. The summed E-state index contributed by atoms with van der Waals surface area (Å²) in [7, 11) is 0. The van der Waals surface area contributed by atoms with Gasteiger partial charge in [0.2, 0.25) is 5.91 Å². The molecule has 1 amide bonds. The first kappa shape index (κ1) is 17.5. The van der Waals surface area contributed by atoms with Crippen LogP contribution in [0.15, 0.2) is 48.5 Å². The molecule has 0 fully saturated rings. The molecular formula is C19H21NO4. The number of carbonyl (C=O) groups is 2. The molecule has 0 radical (unpaired) electrons. The lowest BCUT2D eigenvalue weighted by Gasteiger charge is -2.11. The highest BCUT2D eigenvalue weighted by atomic mass is 16.5. The van der Waals surface area contributed by atoms with Crippen LogP contribution in [-0.2, 0) is 4.79 Å². The summed E-state index contributed by atoms with van der Waals surface area (Å²) in [5.41, 5.74) is 0.843. The van der Waals surface area contributed by atoms with Gasteiger partial charge in [-0.15, -0.1) is 0 Å². The predicted octanol–water partition coefficient (Wildman–Crippen LogP) is 4.04. The Labute approximate surface area is 141 Å². The Kier molecular flexibility index (Phi) is 6.37. The Balaban J connectivity index is 2.10. The molecule has 24 heavy (non-hydrogen) atoms. The number of anilines is 1. The molecule has 0 aromatic heterocycles. The summed E-state index contributed by atoms with van der Waals surface area (Å²) in [6.07, 6.45) is 2.00. The second kappa shape index (κ2) is 8.72. The van der Waals surface area contributed by atoms with Crippen LogP contribution >= 0.6 is 0 Å². The fraction of sp³-hybridized carbons (Fsp3) is 0.263. The molecule has 2 aromatic rings. The van der Waals surface area contributed by atoms with Crippen molar-refractivity contribution in [1.29, 1.82) is 0 Å². The molecule has 2 aromatic carbocycles. The van der Waals surface area contributed by atoms with Gasteiger partial charge in [0.15, 0.2) is 5.75 Å². The molecule has 0 aliphatic carbocycles. The van der Waals surface area contributed by atoms with Crippen molar-refractivity contribution in [1.82, 2.24) is 0 Å². The maximum atomic E-state index is 12.3. The number of rotatable bonds is 7. The third kappa shape index (κ3) is 5.12. The van der Waals surface area contributed by atoms with Crippen LogP contribution in [0.25, 0.3) is 0 Å². The van der Waals surface area contributed by atoms with Gasteiger partial charge in [-0.05, 0) is 36.8 Å². The largest absolute Gasteiger partial charge is 0.494 e. The van der Waals surface area contributed by atoms with Gasteiger partial charge < -0.3 is 14.8 Å². The van der Waals surface area contributed by atoms with Gasteiger partial charge in [0.05, 0.1) is 17.9 Å². The van der Waals surface area contributed by atoms with E-state index >= 15 is 0 Å². The van der Waals surface area contributed by atoms with E-state index in [0.717, 1.165) is 12.8 Å². The van der Waals surface area contributed by atoms with Gasteiger partial charge in [-0.25, -0.2) is 4.79 Å². The second-order valence-corrected chi connectivity index (χ2v) is 5.30. The van der Waals surface area contributed by atoms with Crippen molar-refractivity contribution in [2.75, 3.05) is 11.9 Å². The minimum Gasteiger partial charge on any atom is -0.494 e. The zero-order valence-electron chi connectivity index (χ0n) is 13.9. The number of amides is 1. The topological polar surface area (TPSA) is 64.6 Å². The summed E-state index contributed by atoms with van der Waals surface area (Å²) in [6.45, 7) is 4.10. The van der Waals surface area contributed by atoms with Crippen LogP contribution in [0.3, 0.4) is 0 Å². The average Bonchev–Trinajstić information content (AvgIpc) is 2.57. The molecule has 0 atom stereocenters. The number of unbranched alkanes of at least 4 members (excludes halogenated alkanes) is 1. The number of ether oxygens (including phenoxy) is 2. The Morgan fingerprint density at radius 1 is 1.08 bits per heavy atom. The molecule has 0 saturated heterocycles. The predicted molar refractivity (Wildman–Crippen MR) is 92.5 cm³/mol. The average molecular weight is 327 g/mol. The molecule has 5 nitrogen and oxygen atoms in total. The standard InChI is InChI=1S/C19H21NO4/c1-3-4-12-23-16-9-7-8-15(13-16)19(22)24-18-11-6-5-10-17(18)20-14(2)21/h5-11,13H,3-4,12H2,1-2H3,(H,20,21). The molecule has 1 N–H and O–H groups in total. The molecule has 0 bridgehead atoms. The van der Waals surface area contributed by atoms with Crippen molar-refractivity contribution in [3.63, 3.8) is 0 Å². The van der Waals surface area contributed by atoms with Crippen LogP contribution in [0.4, 0.5) is 5.69 Å². The fourth-order valence-electron chi connectivity index (χ4n) is 2.05. The van der Waals surface area contributed by atoms with E-state index < -0.39 is 5.97 Å². The Bertz CT molecular complexity index is 712. The zero-order valence-corrected chi connectivity index (χ0v) is 13.9. The fourth-order valence-corrected chi connectivity index (χ4v) is 2.05. The van der Waals surface area contributed by atoms with Crippen LogP contribution in [0.5, 0.6) is 11.5 Å². The molecule has 2 rings (SSSR count). The molecule has 0 aliphatic rings. The van der Waals surface area contributed by atoms with E-state index in [1.807, 2.05) is 0 Å². The molecule has 0 spiro atoms. The maximum absolute atomic E-state index is 12.3. The number of esters is 1. The SMILES string of the molecule is CCCCOc1cccc(C(=O)Oc2ccccc2NC(C)=O)c1. The zero-order chi connectivity index (χ0) is 17.4. The van der Waals surface area contributed by atoms with Gasteiger partial charge in [-0.3, -0.25) is 4.79 Å². The molecule has 0 unspecified atom stereocenters. The van der Waals surface area contributed by atoms with Gasteiger partial charge in [-0.2, -0.15) is 0 Å². The Morgan fingerprint density at radius 3 is 2.62 bits per heavy atom. The van der Waals surface area contributed by atoms with Crippen LogP contribution < -0.4 is 14.8 Å². The van der Waals surface area contributed by atoms with Crippen LogP contribution in [0, 0.1) is 0 Å². The van der Waals surface area contributed by atoms with E-state index in [1.54, 1.807) is 48.5 Å². The smallest absolute Gasteiger partial charge is 0.343 e. The van der Waals surface area contributed by atoms with Gasteiger partial charge in [0.1, 0.15) is 5.75 Å². The van der Waals surface area contributed by atoms with Crippen molar-refractivity contribution < 1.29 is 19.1 Å².